The Labute approximate surface area is 147 Å². The zero-order valence-electron chi connectivity index (χ0n) is 15.6. The molecule has 0 spiro atoms. The lowest BCUT2D eigenvalue weighted by molar-refractivity contribution is -0.142. The van der Waals surface area contributed by atoms with E-state index in [0.29, 0.717) is 38.7 Å². The molecular weight excluding hydrogens is 346 g/mol. The number of hydrogen-bond acceptors (Lipinski definition) is 4. The molecule has 1 aliphatic carbocycles. The van der Waals surface area contributed by atoms with Gasteiger partial charge in [0.2, 0.25) is 10.0 Å². The Morgan fingerprint density at radius 3 is 2.21 bits per heavy atom. The van der Waals surface area contributed by atoms with Crippen molar-refractivity contribution in [3.8, 4) is 0 Å². The minimum absolute atomic E-state index is 0.0560. The number of carbonyl (C=O) groups is 1. The van der Waals surface area contributed by atoms with Gasteiger partial charge in [0, 0.05) is 12.6 Å². The zero-order valence-corrected chi connectivity index (χ0v) is 17.4. The lowest BCUT2D eigenvalue weighted by atomic mass is 9.87. The fourth-order valence-corrected chi connectivity index (χ4v) is 5.01. The van der Waals surface area contributed by atoms with Crippen molar-refractivity contribution in [2.24, 2.45) is 5.92 Å². The summed E-state index contributed by atoms with van der Waals surface area (Å²) in [5, 5.41) is 9.09. The van der Waals surface area contributed by atoms with Crippen LogP contribution in [0.1, 0.15) is 52.9 Å². The van der Waals surface area contributed by atoms with Crippen molar-refractivity contribution in [1.82, 2.24) is 4.72 Å². The maximum absolute atomic E-state index is 12.2. The second-order valence-corrected chi connectivity index (χ2v) is 15.0. The van der Waals surface area contributed by atoms with Crippen molar-refractivity contribution < 1.29 is 22.7 Å². The Bertz CT molecular complexity index is 519. The van der Waals surface area contributed by atoms with Crippen LogP contribution in [0.3, 0.4) is 0 Å². The van der Waals surface area contributed by atoms with Gasteiger partial charge < -0.3 is 9.53 Å². The molecule has 0 saturated heterocycles. The third-order valence-electron chi connectivity index (χ3n) is 5.25. The first-order chi connectivity index (χ1) is 10.8. The monoisotopic (exact) mass is 379 g/mol. The minimum atomic E-state index is -3.33. The predicted molar refractivity (Wildman–Crippen MR) is 98.1 cm³/mol. The fraction of sp³-hybridized carbons (Fsp3) is 0.938. The summed E-state index contributed by atoms with van der Waals surface area (Å²) in [7, 11) is -5.17. The molecule has 0 aromatic rings. The van der Waals surface area contributed by atoms with Crippen LogP contribution in [0.25, 0.3) is 0 Å². The summed E-state index contributed by atoms with van der Waals surface area (Å²) >= 11 is 0. The van der Waals surface area contributed by atoms with Gasteiger partial charge in [0.05, 0.1) is 11.7 Å². The van der Waals surface area contributed by atoms with E-state index in [1.54, 1.807) is 0 Å². The second-order valence-electron chi connectivity index (χ2n) is 8.29. The normalized spacial score (nSPS) is 23.2. The highest BCUT2D eigenvalue weighted by atomic mass is 32.2. The highest BCUT2D eigenvalue weighted by Crippen LogP contribution is 2.36. The van der Waals surface area contributed by atoms with Gasteiger partial charge in [-0.25, -0.2) is 13.1 Å². The SMILES string of the molecule is CC(C)(C)[Si](C)(C)OCCCS(=O)(=O)NC1CCC(C(=O)O)CC1. The molecule has 24 heavy (non-hydrogen) atoms. The largest absolute Gasteiger partial charge is 0.481 e. The molecule has 0 aliphatic heterocycles. The van der Waals surface area contributed by atoms with Crippen LogP contribution in [0, 0.1) is 5.92 Å². The van der Waals surface area contributed by atoms with Crippen LogP contribution < -0.4 is 4.72 Å². The smallest absolute Gasteiger partial charge is 0.306 e. The Morgan fingerprint density at radius 2 is 1.75 bits per heavy atom. The molecule has 1 rings (SSSR count). The molecular formula is C16H33NO5SSi. The number of nitrogens with one attached hydrogen (secondary N) is 1. The predicted octanol–water partition coefficient (Wildman–Crippen LogP) is 2.96. The van der Waals surface area contributed by atoms with Crippen molar-refractivity contribution in [2.75, 3.05) is 12.4 Å². The van der Waals surface area contributed by atoms with E-state index in [1.807, 2.05) is 0 Å². The van der Waals surface area contributed by atoms with Gasteiger partial charge in [-0.05, 0) is 50.2 Å². The van der Waals surface area contributed by atoms with Crippen molar-refractivity contribution in [2.45, 2.75) is 77.0 Å². The van der Waals surface area contributed by atoms with E-state index in [9.17, 15) is 13.2 Å². The second kappa shape index (κ2) is 8.29. The summed E-state index contributed by atoms with van der Waals surface area (Å²) in [5.74, 6) is -1.05. The van der Waals surface area contributed by atoms with Gasteiger partial charge in [-0.2, -0.15) is 0 Å². The van der Waals surface area contributed by atoms with Crippen LogP contribution in [0.5, 0.6) is 0 Å². The van der Waals surface area contributed by atoms with Crippen molar-refractivity contribution in [3.63, 3.8) is 0 Å². The minimum Gasteiger partial charge on any atom is -0.481 e. The molecule has 0 aromatic heterocycles. The quantitative estimate of drug-likeness (QED) is 0.499. The molecule has 1 fully saturated rings. The third-order valence-corrected chi connectivity index (χ3v) is 11.3. The maximum atomic E-state index is 12.2. The summed E-state index contributed by atoms with van der Waals surface area (Å²) in [6.07, 6.45) is 2.74. The third kappa shape index (κ3) is 6.82. The number of sulfonamides is 1. The van der Waals surface area contributed by atoms with Crippen molar-refractivity contribution in [3.05, 3.63) is 0 Å². The van der Waals surface area contributed by atoms with Crippen LogP contribution >= 0.6 is 0 Å². The topological polar surface area (TPSA) is 92.7 Å². The summed E-state index contributed by atoms with van der Waals surface area (Å²) in [5.41, 5.74) is 0. The van der Waals surface area contributed by atoms with Gasteiger partial charge in [-0.3, -0.25) is 4.79 Å². The highest BCUT2D eigenvalue weighted by Gasteiger charge is 2.37. The molecule has 0 aromatic carbocycles. The first-order valence-electron chi connectivity index (χ1n) is 8.71. The van der Waals surface area contributed by atoms with Gasteiger partial charge in [0.1, 0.15) is 0 Å². The number of carboxylic acid groups (broad SMARTS) is 1. The number of hydrogen-bond donors (Lipinski definition) is 2. The molecule has 142 valence electrons. The molecule has 0 unspecified atom stereocenters. The standard InChI is InChI=1S/C16H33NO5SSi/c1-16(2,3)24(4,5)22-11-6-12-23(20,21)17-14-9-7-13(8-10-14)15(18)19/h13-14,17H,6-12H2,1-5H3,(H,18,19). The lowest BCUT2D eigenvalue weighted by Crippen LogP contribution is -2.42. The molecule has 6 nitrogen and oxygen atoms in total. The average Bonchev–Trinajstić information content (AvgIpc) is 2.42. The highest BCUT2D eigenvalue weighted by molar-refractivity contribution is 7.89. The number of aliphatic carboxylic acids is 1. The molecule has 0 radical (unpaired) electrons. The summed E-state index contributed by atoms with van der Waals surface area (Å²) in [6, 6.07) is -0.132. The molecule has 0 heterocycles. The molecule has 0 atom stereocenters. The Hall–Kier alpha value is -0.443. The van der Waals surface area contributed by atoms with Gasteiger partial charge in [0.25, 0.3) is 0 Å². The Balaban J connectivity index is 2.34. The van der Waals surface area contributed by atoms with Crippen LogP contribution in [0.2, 0.25) is 18.1 Å². The van der Waals surface area contributed by atoms with Crippen LogP contribution in [-0.4, -0.2) is 46.2 Å². The van der Waals surface area contributed by atoms with Crippen molar-refractivity contribution >= 4 is 24.3 Å². The van der Waals surface area contributed by atoms with E-state index in [2.05, 4.69) is 38.6 Å². The van der Waals surface area contributed by atoms with Gasteiger partial charge in [0.15, 0.2) is 8.32 Å². The van der Waals surface area contributed by atoms with Crippen LogP contribution in [-0.2, 0) is 19.2 Å². The van der Waals surface area contributed by atoms with E-state index >= 15 is 0 Å². The average molecular weight is 380 g/mol. The Kier molecular flexibility index (Phi) is 7.46. The van der Waals surface area contributed by atoms with Crippen LogP contribution in [0.4, 0.5) is 0 Å². The van der Waals surface area contributed by atoms with Gasteiger partial charge >= 0.3 is 5.97 Å². The molecule has 0 bridgehead atoms. The Morgan fingerprint density at radius 1 is 1.21 bits per heavy atom. The maximum Gasteiger partial charge on any atom is 0.306 e. The van der Waals surface area contributed by atoms with E-state index in [4.69, 9.17) is 9.53 Å². The number of rotatable bonds is 8. The fourth-order valence-electron chi connectivity index (χ4n) is 2.56. The number of carboxylic acids is 1. The molecule has 0 amide bonds. The molecule has 1 saturated carbocycles. The van der Waals surface area contributed by atoms with Crippen molar-refractivity contribution in [1.29, 1.82) is 0 Å². The van der Waals surface area contributed by atoms with Gasteiger partial charge in [-0.15, -0.1) is 0 Å². The molecule has 2 N–H and O–H groups in total. The first kappa shape index (κ1) is 21.6. The van der Waals surface area contributed by atoms with E-state index in [-0.39, 0.29) is 22.8 Å². The van der Waals surface area contributed by atoms with E-state index < -0.39 is 24.3 Å². The van der Waals surface area contributed by atoms with Gasteiger partial charge in [-0.1, -0.05) is 20.8 Å². The van der Waals surface area contributed by atoms with E-state index in [1.165, 1.54) is 0 Å². The molecule has 1 aliphatic rings. The van der Waals surface area contributed by atoms with Crippen LogP contribution in [0.15, 0.2) is 0 Å². The van der Waals surface area contributed by atoms with E-state index in [0.717, 1.165) is 0 Å². The zero-order chi connectivity index (χ0) is 18.6. The first-order valence-corrected chi connectivity index (χ1v) is 13.3. The summed E-state index contributed by atoms with van der Waals surface area (Å²) in [4.78, 5) is 10.9. The molecule has 8 heteroatoms. The lowest BCUT2D eigenvalue weighted by Gasteiger charge is -2.36. The summed E-state index contributed by atoms with van der Waals surface area (Å²) < 4.78 is 33.0. The summed E-state index contributed by atoms with van der Waals surface area (Å²) in [6.45, 7) is 11.2.